The summed E-state index contributed by atoms with van der Waals surface area (Å²) in [5.74, 6) is 0.659. The van der Waals surface area contributed by atoms with Crippen LogP contribution in [0.3, 0.4) is 0 Å². The van der Waals surface area contributed by atoms with Gasteiger partial charge in [-0.3, -0.25) is 4.79 Å². The lowest BCUT2D eigenvalue weighted by atomic mass is 10.1. The van der Waals surface area contributed by atoms with Crippen LogP contribution in [0.1, 0.15) is 17.5 Å². The number of hydrogen-bond acceptors (Lipinski definition) is 2. The topological polar surface area (TPSA) is 32.3 Å². The standard InChI is InChI=1S/C16H21ClN2O/c1-12-3-4-13(9-15(12)17)5-6-16(20)19-8-7-14(11-19)10-18-2/h3-6,9,14,18H,7-8,10-11H2,1-2H3/b6-5+. The molecule has 0 aromatic heterocycles. The highest BCUT2D eigenvalue weighted by Gasteiger charge is 2.24. The number of hydrogen-bond donors (Lipinski definition) is 1. The molecule has 2 rings (SSSR count). The minimum Gasteiger partial charge on any atom is -0.339 e. The smallest absolute Gasteiger partial charge is 0.246 e. The average molecular weight is 293 g/mol. The second-order valence-electron chi connectivity index (χ2n) is 5.34. The van der Waals surface area contributed by atoms with E-state index < -0.39 is 0 Å². The Bertz CT molecular complexity index is 513. The van der Waals surface area contributed by atoms with Crippen LogP contribution in [0.15, 0.2) is 24.3 Å². The average Bonchev–Trinajstić information content (AvgIpc) is 2.89. The highest BCUT2D eigenvalue weighted by Crippen LogP contribution is 2.19. The van der Waals surface area contributed by atoms with E-state index in [4.69, 9.17) is 11.6 Å². The Kier molecular flexibility index (Phi) is 5.21. The quantitative estimate of drug-likeness (QED) is 0.866. The Morgan fingerprint density at radius 3 is 3.05 bits per heavy atom. The molecule has 1 atom stereocenters. The molecule has 4 heteroatoms. The lowest BCUT2D eigenvalue weighted by molar-refractivity contribution is -0.125. The number of benzene rings is 1. The van der Waals surface area contributed by atoms with Crippen molar-refractivity contribution in [2.24, 2.45) is 5.92 Å². The molecule has 0 aliphatic carbocycles. The first kappa shape index (κ1) is 15.1. The largest absolute Gasteiger partial charge is 0.339 e. The summed E-state index contributed by atoms with van der Waals surface area (Å²) in [6.45, 7) is 4.64. The molecule has 1 heterocycles. The lowest BCUT2D eigenvalue weighted by Crippen LogP contribution is -2.28. The molecule has 1 aliphatic heterocycles. The monoisotopic (exact) mass is 292 g/mol. The fourth-order valence-corrected chi connectivity index (χ4v) is 2.66. The fourth-order valence-electron chi connectivity index (χ4n) is 2.47. The molecule has 1 aromatic rings. The van der Waals surface area contributed by atoms with Crippen LogP contribution in [0, 0.1) is 12.8 Å². The summed E-state index contributed by atoms with van der Waals surface area (Å²) in [6.07, 6.45) is 4.55. The van der Waals surface area contributed by atoms with Gasteiger partial charge in [-0.25, -0.2) is 0 Å². The zero-order valence-corrected chi connectivity index (χ0v) is 12.8. The first-order valence-electron chi connectivity index (χ1n) is 6.98. The predicted octanol–water partition coefficient (Wildman–Crippen LogP) is 2.73. The van der Waals surface area contributed by atoms with Gasteiger partial charge in [0.15, 0.2) is 0 Å². The number of carbonyl (C=O) groups excluding carboxylic acids is 1. The van der Waals surface area contributed by atoms with Crippen molar-refractivity contribution in [3.63, 3.8) is 0 Å². The van der Waals surface area contributed by atoms with Crippen molar-refractivity contribution in [1.29, 1.82) is 0 Å². The van der Waals surface area contributed by atoms with Crippen molar-refractivity contribution in [2.75, 3.05) is 26.7 Å². The number of carbonyl (C=O) groups is 1. The van der Waals surface area contributed by atoms with Gasteiger partial charge >= 0.3 is 0 Å². The van der Waals surface area contributed by atoms with Gasteiger partial charge < -0.3 is 10.2 Å². The molecule has 0 saturated carbocycles. The maximum absolute atomic E-state index is 12.1. The van der Waals surface area contributed by atoms with Crippen molar-refractivity contribution >= 4 is 23.6 Å². The van der Waals surface area contributed by atoms with Crippen LogP contribution in [0.2, 0.25) is 5.02 Å². The molecule has 1 unspecified atom stereocenters. The molecule has 0 bridgehead atoms. The normalized spacial score (nSPS) is 18.9. The molecule has 1 aliphatic rings. The van der Waals surface area contributed by atoms with E-state index in [1.807, 2.05) is 43.1 Å². The summed E-state index contributed by atoms with van der Waals surface area (Å²) in [5, 5.41) is 3.90. The van der Waals surface area contributed by atoms with Crippen molar-refractivity contribution < 1.29 is 4.79 Å². The second-order valence-corrected chi connectivity index (χ2v) is 5.75. The minimum atomic E-state index is 0.0836. The number of aryl methyl sites for hydroxylation is 1. The molecule has 3 nitrogen and oxygen atoms in total. The fraction of sp³-hybridized carbons (Fsp3) is 0.438. The summed E-state index contributed by atoms with van der Waals surface area (Å²) in [6, 6.07) is 5.82. The molecule has 1 fully saturated rings. The highest BCUT2D eigenvalue weighted by atomic mass is 35.5. The van der Waals surface area contributed by atoms with E-state index in [9.17, 15) is 4.79 Å². The predicted molar refractivity (Wildman–Crippen MR) is 83.8 cm³/mol. The van der Waals surface area contributed by atoms with Crippen LogP contribution in [0.25, 0.3) is 6.08 Å². The molecular weight excluding hydrogens is 272 g/mol. The third kappa shape index (κ3) is 3.84. The van der Waals surface area contributed by atoms with Gasteiger partial charge in [-0.15, -0.1) is 0 Å². The maximum Gasteiger partial charge on any atom is 0.246 e. The molecule has 20 heavy (non-hydrogen) atoms. The third-order valence-electron chi connectivity index (χ3n) is 3.70. The molecule has 1 amide bonds. The van der Waals surface area contributed by atoms with Gasteiger partial charge in [0.25, 0.3) is 0 Å². The summed E-state index contributed by atoms with van der Waals surface area (Å²) in [7, 11) is 1.95. The number of likely N-dealkylation sites (tertiary alicyclic amines) is 1. The van der Waals surface area contributed by atoms with Crippen LogP contribution in [-0.2, 0) is 4.79 Å². The van der Waals surface area contributed by atoms with Gasteiger partial charge in [0, 0.05) is 24.2 Å². The molecule has 1 saturated heterocycles. The van der Waals surface area contributed by atoms with Crippen LogP contribution >= 0.6 is 11.6 Å². The van der Waals surface area contributed by atoms with E-state index in [-0.39, 0.29) is 5.91 Å². The van der Waals surface area contributed by atoms with E-state index in [1.54, 1.807) is 6.08 Å². The van der Waals surface area contributed by atoms with E-state index in [2.05, 4.69) is 5.32 Å². The Labute approximate surface area is 125 Å². The van der Waals surface area contributed by atoms with E-state index in [0.29, 0.717) is 5.92 Å². The zero-order valence-electron chi connectivity index (χ0n) is 12.0. The van der Waals surface area contributed by atoms with Gasteiger partial charge in [-0.05, 0) is 56.1 Å². The van der Waals surface area contributed by atoms with Crippen molar-refractivity contribution in [3.8, 4) is 0 Å². The minimum absolute atomic E-state index is 0.0836. The summed E-state index contributed by atoms with van der Waals surface area (Å²) >= 11 is 6.07. The van der Waals surface area contributed by atoms with E-state index >= 15 is 0 Å². The van der Waals surface area contributed by atoms with Crippen molar-refractivity contribution in [3.05, 3.63) is 40.4 Å². The first-order chi connectivity index (χ1) is 9.60. The molecule has 0 spiro atoms. The van der Waals surface area contributed by atoms with E-state index in [1.165, 1.54) is 0 Å². The summed E-state index contributed by atoms with van der Waals surface area (Å²) in [4.78, 5) is 14.0. The van der Waals surface area contributed by atoms with Gasteiger partial charge in [0.2, 0.25) is 5.91 Å². The Balaban J connectivity index is 1.94. The number of nitrogens with zero attached hydrogens (tertiary/aromatic N) is 1. The number of rotatable bonds is 4. The molecule has 1 aromatic carbocycles. The van der Waals surface area contributed by atoms with Gasteiger partial charge in [0.1, 0.15) is 0 Å². The zero-order chi connectivity index (χ0) is 14.5. The molecule has 0 radical (unpaired) electrons. The van der Waals surface area contributed by atoms with Crippen LogP contribution in [0.4, 0.5) is 0 Å². The van der Waals surface area contributed by atoms with E-state index in [0.717, 1.165) is 42.2 Å². The Morgan fingerprint density at radius 1 is 1.55 bits per heavy atom. The number of halogens is 1. The van der Waals surface area contributed by atoms with Crippen molar-refractivity contribution in [2.45, 2.75) is 13.3 Å². The highest BCUT2D eigenvalue weighted by molar-refractivity contribution is 6.31. The molecule has 108 valence electrons. The molecule has 1 N–H and O–H groups in total. The van der Waals surface area contributed by atoms with Gasteiger partial charge in [-0.1, -0.05) is 23.7 Å². The van der Waals surface area contributed by atoms with Crippen LogP contribution < -0.4 is 5.32 Å². The number of nitrogens with one attached hydrogen (secondary N) is 1. The Morgan fingerprint density at radius 2 is 2.35 bits per heavy atom. The van der Waals surface area contributed by atoms with Crippen LogP contribution in [-0.4, -0.2) is 37.5 Å². The number of amides is 1. The first-order valence-corrected chi connectivity index (χ1v) is 7.35. The maximum atomic E-state index is 12.1. The SMILES string of the molecule is CNCC1CCN(C(=O)/C=C/c2ccc(C)c(Cl)c2)C1. The second kappa shape index (κ2) is 6.91. The Hall–Kier alpha value is -1.32. The molecular formula is C16H21ClN2O. The third-order valence-corrected chi connectivity index (χ3v) is 4.11. The summed E-state index contributed by atoms with van der Waals surface area (Å²) in [5.41, 5.74) is 2.00. The summed E-state index contributed by atoms with van der Waals surface area (Å²) < 4.78 is 0. The van der Waals surface area contributed by atoms with Gasteiger partial charge in [0.05, 0.1) is 0 Å². The van der Waals surface area contributed by atoms with Gasteiger partial charge in [-0.2, -0.15) is 0 Å². The van der Waals surface area contributed by atoms with Crippen LogP contribution in [0.5, 0.6) is 0 Å². The van der Waals surface area contributed by atoms with Crippen molar-refractivity contribution in [1.82, 2.24) is 10.2 Å². The lowest BCUT2D eigenvalue weighted by Gasteiger charge is -2.14.